The Labute approximate surface area is 121 Å². The summed E-state index contributed by atoms with van der Waals surface area (Å²) in [5, 5.41) is 3.55. The summed E-state index contributed by atoms with van der Waals surface area (Å²) in [6.07, 6.45) is 2.69. The molecule has 3 rings (SSSR count). The molecule has 0 atom stereocenters. The number of rotatable bonds is 6. The van der Waals surface area contributed by atoms with Crippen molar-refractivity contribution in [3.8, 4) is 0 Å². The van der Waals surface area contributed by atoms with Crippen LogP contribution in [0.4, 0.5) is 11.4 Å². The fraction of sp³-hybridized carbons (Fsp3) is 0.333. The minimum Gasteiger partial charge on any atom is -0.342 e. The molecule has 0 spiro atoms. The van der Waals surface area contributed by atoms with Crippen molar-refractivity contribution in [2.24, 2.45) is 0 Å². The molecule has 1 fully saturated rings. The van der Waals surface area contributed by atoms with E-state index in [9.17, 15) is 0 Å². The predicted octanol–water partition coefficient (Wildman–Crippen LogP) is 4.10. The molecule has 0 amide bonds. The van der Waals surface area contributed by atoms with Gasteiger partial charge in [-0.2, -0.15) is 0 Å². The van der Waals surface area contributed by atoms with E-state index in [-0.39, 0.29) is 0 Å². The lowest BCUT2D eigenvalue weighted by atomic mass is 10.1. The molecule has 20 heavy (non-hydrogen) atoms. The largest absolute Gasteiger partial charge is 0.342 e. The van der Waals surface area contributed by atoms with E-state index < -0.39 is 0 Å². The third-order valence-corrected chi connectivity index (χ3v) is 3.80. The molecule has 104 valence electrons. The van der Waals surface area contributed by atoms with Gasteiger partial charge in [-0.15, -0.1) is 0 Å². The Kier molecular flexibility index (Phi) is 4.03. The minimum atomic E-state index is 0.770. The molecule has 1 saturated carbocycles. The van der Waals surface area contributed by atoms with Gasteiger partial charge in [0.25, 0.3) is 0 Å². The first-order valence-electron chi connectivity index (χ1n) is 7.51. The molecule has 2 heteroatoms. The lowest BCUT2D eigenvalue weighted by Gasteiger charge is -2.23. The summed E-state index contributed by atoms with van der Waals surface area (Å²) in [5.74, 6) is 0. The first-order valence-corrected chi connectivity index (χ1v) is 7.51. The number of hydrogen-bond acceptors (Lipinski definition) is 2. The van der Waals surface area contributed by atoms with E-state index in [1.54, 1.807) is 0 Å². The van der Waals surface area contributed by atoms with Crippen molar-refractivity contribution >= 4 is 11.4 Å². The zero-order valence-electron chi connectivity index (χ0n) is 12.0. The van der Waals surface area contributed by atoms with Crippen LogP contribution < -0.4 is 10.2 Å². The maximum Gasteiger partial charge on any atom is 0.0410 e. The highest BCUT2D eigenvalue weighted by atomic mass is 15.1. The normalized spacial score (nSPS) is 14.2. The molecule has 2 aromatic carbocycles. The highest BCUT2D eigenvalue weighted by Gasteiger charge is 2.19. The average Bonchev–Trinajstić information content (AvgIpc) is 3.33. The van der Waals surface area contributed by atoms with Crippen LogP contribution in [-0.4, -0.2) is 12.6 Å². The number of nitrogens with zero attached hydrogens (tertiary/aromatic N) is 1. The van der Waals surface area contributed by atoms with Gasteiger partial charge in [0.05, 0.1) is 0 Å². The van der Waals surface area contributed by atoms with Gasteiger partial charge in [0.1, 0.15) is 0 Å². The van der Waals surface area contributed by atoms with Gasteiger partial charge >= 0.3 is 0 Å². The Hall–Kier alpha value is -1.80. The van der Waals surface area contributed by atoms with Crippen molar-refractivity contribution in [1.29, 1.82) is 0 Å². The molecule has 1 N–H and O–H groups in total. The second-order valence-corrected chi connectivity index (χ2v) is 5.40. The number of para-hydroxylation sites is 1. The van der Waals surface area contributed by atoms with E-state index in [4.69, 9.17) is 0 Å². The lowest BCUT2D eigenvalue weighted by molar-refractivity contribution is 0.688. The van der Waals surface area contributed by atoms with E-state index in [1.165, 1.54) is 29.8 Å². The van der Waals surface area contributed by atoms with Gasteiger partial charge in [-0.25, -0.2) is 0 Å². The summed E-state index contributed by atoms with van der Waals surface area (Å²) >= 11 is 0. The maximum absolute atomic E-state index is 3.55. The third-order valence-electron chi connectivity index (χ3n) is 3.80. The summed E-state index contributed by atoms with van der Waals surface area (Å²) < 4.78 is 0. The van der Waals surface area contributed by atoms with Gasteiger partial charge in [-0.1, -0.05) is 30.3 Å². The monoisotopic (exact) mass is 266 g/mol. The molecule has 0 heterocycles. The van der Waals surface area contributed by atoms with E-state index in [1.807, 2.05) is 0 Å². The van der Waals surface area contributed by atoms with Crippen LogP contribution >= 0.6 is 0 Å². The predicted molar refractivity (Wildman–Crippen MR) is 85.4 cm³/mol. The van der Waals surface area contributed by atoms with Crippen LogP contribution in [-0.2, 0) is 6.54 Å². The van der Waals surface area contributed by atoms with Gasteiger partial charge in [0.15, 0.2) is 0 Å². The van der Waals surface area contributed by atoms with Gasteiger partial charge in [-0.05, 0) is 49.6 Å². The number of benzene rings is 2. The van der Waals surface area contributed by atoms with Crippen molar-refractivity contribution < 1.29 is 0 Å². The topological polar surface area (TPSA) is 15.3 Å². The van der Waals surface area contributed by atoms with Crippen molar-refractivity contribution in [3.05, 3.63) is 60.2 Å². The molecule has 0 aromatic heterocycles. The van der Waals surface area contributed by atoms with Crippen LogP contribution in [0.2, 0.25) is 0 Å². The lowest BCUT2D eigenvalue weighted by Crippen LogP contribution is -2.17. The molecule has 1 aliphatic rings. The maximum atomic E-state index is 3.55. The number of nitrogens with one attached hydrogen (secondary N) is 1. The van der Waals surface area contributed by atoms with E-state index in [0.717, 1.165) is 19.1 Å². The van der Waals surface area contributed by atoms with Crippen LogP contribution in [0.3, 0.4) is 0 Å². The Morgan fingerprint density at radius 2 is 1.60 bits per heavy atom. The summed E-state index contributed by atoms with van der Waals surface area (Å²) in [5.41, 5.74) is 3.87. The van der Waals surface area contributed by atoms with Gasteiger partial charge < -0.3 is 10.2 Å². The molecule has 0 bridgehead atoms. The van der Waals surface area contributed by atoms with Crippen LogP contribution in [0.15, 0.2) is 54.6 Å². The molecule has 2 aromatic rings. The molecule has 0 aliphatic heterocycles. The highest BCUT2D eigenvalue weighted by molar-refractivity contribution is 5.63. The molecule has 0 unspecified atom stereocenters. The second-order valence-electron chi connectivity index (χ2n) is 5.40. The zero-order valence-corrected chi connectivity index (χ0v) is 12.0. The fourth-order valence-corrected chi connectivity index (χ4v) is 2.47. The third kappa shape index (κ3) is 3.20. The summed E-state index contributed by atoms with van der Waals surface area (Å²) in [6, 6.07) is 20.2. The average molecular weight is 266 g/mol. The van der Waals surface area contributed by atoms with Crippen LogP contribution in [0.5, 0.6) is 0 Å². The van der Waals surface area contributed by atoms with Crippen molar-refractivity contribution in [1.82, 2.24) is 5.32 Å². The standard InChI is InChI=1S/C18H22N2/c1-2-20(17-6-4-3-5-7-17)18-12-8-15(9-13-18)14-19-16-10-11-16/h3-9,12-13,16,19H,2,10-11,14H2,1H3. The molecule has 0 saturated heterocycles. The van der Waals surface area contributed by atoms with Gasteiger partial charge in [-0.3, -0.25) is 0 Å². The van der Waals surface area contributed by atoms with Crippen LogP contribution in [0, 0.1) is 0 Å². The van der Waals surface area contributed by atoms with Crippen molar-refractivity contribution in [2.45, 2.75) is 32.4 Å². The quantitative estimate of drug-likeness (QED) is 0.847. The minimum absolute atomic E-state index is 0.770. The highest BCUT2D eigenvalue weighted by Crippen LogP contribution is 2.25. The molecule has 0 radical (unpaired) electrons. The summed E-state index contributed by atoms with van der Waals surface area (Å²) in [6.45, 7) is 4.15. The SMILES string of the molecule is CCN(c1ccccc1)c1ccc(CNC2CC2)cc1. The second kappa shape index (κ2) is 6.10. The van der Waals surface area contributed by atoms with Crippen LogP contribution in [0.25, 0.3) is 0 Å². The van der Waals surface area contributed by atoms with Crippen LogP contribution in [0.1, 0.15) is 25.3 Å². The van der Waals surface area contributed by atoms with Crippen molar-refractivity contribution in [2.75, 3.05) is 11.4 Å². The Balaban J connectivity index is 1.71. The number of hydrogen-bond donors (Lipinski definition) is 1. The molecule has 1 aliphatic carbocycles. The number of anilines is 2. The molecular weight excluding hydrogens is 244 g/mol. The molecular formula is C18H22N2. The van der Waals surface area contributed by atoms with E-state index >= 15 is 0 Å². The van der Waals surface area contributed by atoms with Gasteiger partial charge in [0.2, 0.25) is 0 Å². The van der Waals surface area contributed by atoms with Gasteiger partial charge in [0, 0.05) is 30.5 Å². The Bertz CT molecular complexity index is 529. The smallest absolute Gasteiger partial charge is 0.0410 e. The first-order chi connectivity index (χ1) is 9.86. The Morgan fingerprint density at radius 3 is 2.20 bits per heavy atom. The zero-order chi connectivity index (χ0) is 13.8. The first kappa shape index (κ1) is 13.2. The summed E-state index contributed by atoms with van der Waals surface area (Å²) in [7, 11) is 0. The molecule has 2 nitrogen and oxygen atoms in total. The fourth-order valence-electron chi connectivity index (χ4n) is 2.47. The Morgan fingerprint density at radius 1 is 0.950 bits per heavy atom. The van der Waals surface area contributed by atoms with E-state index in [0.29, 0.717) is 0 Å². The van der Waals surface area contributed by atoms with E-state index in [2.05, 4.69) is 71.7 Å². The summed E-state index contributed by atoms with van der Waals surface area (Å²) in [4.78, 5) is 2.33. The van der Waals surface area contributed by atoms with Crippen molar-refractivity contribution in [3.63, 3.8) is 0 Å².